The van der Waals surface area contributed by atoms with E-state index < -0.39 is 29.6 Å². The molecule has 0 spiro atoms. The fraction of sp³-hybridized carbons (Fsp3) is 0.526. The average Bonchev–Trinajstić information content (AvgIpc) is 2.58. The van der Waals surface area contributed by atoms with Crippen molar-refractivity contribution in [1.29, 1.82) is 0 Å². The first-order valence-electron chi connectivity index (χ1n) is 8.80. The molecule has 0 bridgehead atoms. The Morgan fingerprint density at radius 3 is 2.46 bits per heavy atom. The van der Waals surface area contributed by atoms with Gasteiger partial charge in [0.15, 0.2) is 0 Å². The average molecular weight is 361 g/mol. The van der Waals surface area contributed by atoms with Crippen molar-refractivity contribution < 1.29 is 19.1 Å². The first-order valence-corrected chi connectivity index (χ1v) is 8.80. The van der Waals surface area contributed by atoms with E-state index in [1.165, 1.54) is 0 Å². The van der Waals surface area contributed by atoms with Crippen LogP contribution in [-0.2, 0) is 14.3 Å². The van der Waals surface area contributed by atoms with E-state index in [9.17, 15) is 14.4 Å². The predicted octanol–water partition coefficient (Wildman–Crippen LogP) is 1.98. The largest absolute Gasteiger partial charge is 0.444 e. The van der Waals surface area contributed by atoms with Crippen LogP contribution in [0.2, 0.25) is 0 Å². The maximum Gasteiger partial charge on any atom is 0.410 e. The van der Waals surface area contributed by atoms with Crippen LogP contribution < -0.4 is 11.1 Å². The molecule has 7 heteroatoms. The second kappa shape index (κ2) is 8.21. The number of hydrogen-bond acceptors (Lipinski definition) is 4. The van der Waals surface area contributed by atoms with Crippen molar-refractivity contribution in [2.45, 2.75) is 45.3 Å². The van der Waals surface area contributed by atoms with Crippen molar-refractivity contribution in [3.63, 3.8) is 0 Å². The number of carbonyl (C=O) groups is 3. The summed E-state index contributed by atoms with van der Waals surface area (Å²) in [7, 11) is 0. The van der Waals surface area contributed by atoms with Crippen LogP contribution in [0.1, 0.15) is 45.2 Å². The molecule has 3 N–H and O–H groups in total. The second-order valence-corrected chi connectivity index (χ2v) is 7.52. The normalized spacial score (nSPS) is 18.7. The number of piperidine rings is 1. The molecule has 0 aliphatic carbocycles. The van der Waals surface area contributed by atoms with Gasteiger partial charge in [-0.2, -0.15) is 0 Å². The number of hydrogen-bond donors (Lipinski definition) is 2. The summed E-state index contributed by atoms with van der Waals surface area (Å²) >= 11 is 0. The lowest BCUT2D eigenvalue weighted by Gasteiger charge is -2.34. The van der Waals surface area contributed by atoms with Gasteiger partial charge < -0.3 is 20.7 Å². The number of nitrogens with two attached hydrogens (primary N) is 1. The van der Waals surface area contributed by atoms with Crippen LogP contribution in [0.4, 0.5) is 4.79 Å². The third-order valence-corrected chi connectivity index (χ3v) is 4.15. The summed E-state index contributed by atoms with van der Waals surface area (Å²) in [6.45, 7) is 6.22. The number of primary amides is 1. The Bertz CT molecular complexity index is 654. The van der Waals surface area contributed by atoms with Gasteiger partial charge in [-0.15, -0.1) is 0 Å². The van der Waals surface area contributed by atoms with Gasteiger partial charge in [0.25, 0.3) is 0 Å². The van der Waals surface area contributed by atoms with Gasteiger partial charge in [0.1, 0.15) is 11.6 Å². The Balaban J connectivity index is 2.02. The monoisotopic (exact) mass is 361 g/mol. The van der Waals surface area contributed by atoms with E-state index in [1.807, 2.05) is 6.07 Å². The highest BCUT2D eigenvalue weighted by molar-refractivity contribution is 5.88. The molecule has 0 aromatic heterocycles. The number of rotatable bonds is 4. The van der Waals surface area contributed by atoms with Gasteiger partial charge in [0.05, 0.1) is 5.92 Å². The number of nitrogens with one attached hydrogen (secondary N) is 1. The fourth-order valence-electron chi connectivity index (χ4n) is 2.91. The first-order chi connectivity index (χ1) is 12.2. The van der Waals surface area contributed by atoms with Gasteiger partial charge in [0.2, 0.25) is 11.8 Å². The van der Waals surface area contributed by atoms with Crippen molar-refractivity contribution in [3.05, 3.63) is 35.9 Å². The number of nitrogens with zero attached hydrogens (tertiary/aromatic N) is 1. The van der Waals surface area contributed by atoms with Crippen LogP contribution in [0.25, 0.3) is 0 Å². The summed E-state index contributed by atoms with van der Waals surface area (Å²) in [6.07, 6.45) is 0.916. The molecule has 1 heterocycles. The van der Waals surface area contributed by atoms with Crippen molar-refractivity contribution in [2.75, 3.05) is 13.1 Å². The van der Waals surface area contributed by atoms with Gasteiger partial charge in [0, 0.05) is 13.1 Å². The molecule has 3 amide bonds. The SMILES string of the molecule is CC(C)(C)OC(=O)N1CCC[C@@H](C(=O)N[C@H](C(N)=O)c2ccccc2)C1. The minimum absolute atomic E-state index is 0.265. The molecular weight excluding hydrogens is 334 g/mol. The van der Waals surface area contributed by atoms with Crippen molar-refractivity contribution in [2.24, 2.45) is 11.7 Å². The zero-order valence-electron chi connectivity index (χ0n) is 15.5. The van der Waals surface area contributed by atoms with Crippen LogP contribution >= 0.6 is 0 Å². The van der Waals surface area contributed by atoms with Gasteiger partial charge in [-0.1, -0.05) is 30.3 Å². The van der Waals surface area contributed by atoms with Crippen LogP contribution in [0.15, 0.2) is 30.3 Å². The van der Waals surface area contributed by atoms with Crippen molar-refractivity contribution in [1.82, 2.24) is 10.2 Å². The van der Waals surface area contributed by atoms with Crippen molar-refractivity contribution >= 4 is 17.9 Å². The molecule has 1 aromatic carbocycles. The Morgan fingerprint density at radius 1 is 1.23 bits per heavy atom. The van der Waals surface area contributed by atoms with Gasteiger partial charge >= 0.3 is 6.09 Å². The molecule has 26 heavy (non-hydrogen) atoms. The molecule has 1 aromatic rings. The van der Waals surface area contributed by atoms with Crippen molar-refractivity contribution in [3.8, 4) is 0 Å². The van der Waals surface area contributed by atoms with E-state index in [0.29, 0.717) is 24.9 Å². The van der Waals surface area contributed by atoms with Gasteiger partial charge in [-0.3, -0.25) is 9.59 Å². The van der Waals surface area contributed by atoms with E-state index in [1.54, 1.807) is 49.9 Å². The molecule has 2 rings (SSSR count). The van der Waals surface area contributed by atoms with Gasteiger partial charge in [-0.05, 0) is 39.2 Å². The number of amides is 3. The number of likely N-dealkylation sites (tertiary alicyclic amines) is 1. The highest BCUT2D eigenvalue weighted by Crippen LogP contribution is 2.21. The highest BCUT2D eigenvalue weighted by Gasteiger charge is 2.32. The van der Waals surface area contributed by atoms with E-state index in [2.05, 4.69) is 5.32 Å². The van der Waals surface area contributed by atoms with E-state index in [0.717, 1.165) is 0 Å². The van der Waals surface area contributed by atoms with Gasteiger partial charge in [-0.25, -0.2) is 4.79 Å². The zero-order chi connectivity index (χ0) is 19.3. The molecule has 1 saturated heterocycles. The third kappa shape index (κ3) is 5.47. The fourth-order valence-corrected chi connectivity index (χ4v) is 2.91. The Labute approximate surface area is 153 Å². The molecule has 0 unspecified atom stereocenters. The summed E-state index contributed by atoms with van der Waals surface area (Å²) in [6, 6.07) is 7.97. The molecule has 1 aliphatic rings. The maximum absolute atomic E-state index is 12.6. The predicted molar refractivity (Wildman–Crippen MR) is 97.1 cm³/mol. The third-order valence-electron chi connectivity index (χ3n) is 4.15. The lowest BCUT2D eigenvalue weighted by Crippen LogP contribution is -2.48. The van der Waals surface area contributed by atoms with Crippen LogP contribution in [0, 0.1) is 5.92 Å². The standard InChI is InChI=1S/C19H27N3O4/c1-19(2,3)26-18(25)22-11-7-10-14(12-22)17(24)21-15(16(20)23)13-8-5-4-6-9-13/h4-6,8-9,14-15H,7,10-12H2,1-3H3,(H2,20,23)(H,21,24)/t14-,15+/m1/s1. The van der Waals surface area contributed by atoms with Crippen LogP contribution in [-0.4, -0.2) is 41.5 Å². The Hall–Kier alpha value is -2.57. The topological polar surface area (TPSA) is 102 Å². The molecule has 0 radical (unpaired) electrons. The number of carbonyl (C=O) groups excluding carboxylic acids is 3. The quantitative estimate of drug-likeness (QED) is 0.856. The van der Waals surface area contributed by atoms with Crippen LogP contribution in [0.5, 0.6) is 0 Å². The molecule has 142 valence electrons. The lowest BCUT2D eigenvalue weighted by atomic mass is 9.96. The maximum atomic E-state index is 12.6. The Morgan fingerprint density at radius 2 is 1.88 bits per heavy atom. The molecule has 2 atom stereocenters. The summed E-state index contributed by atoms with van der Waals surface area (Å²) < 4.78 is 5.38. The summed E-state index contributed by atoms with van der Waals surface area (Å²) in [5.41, 5.74) is 5.50. The first kappa shape index (κ1) is 19.8. The molecule has 1 aliphatic heterocycles. The lowest BCUT2D eigenvalue weighted by molar-refractivity contribution is -0.131. The minimum Gasteiger partial charge on any atom is -0.444 e. The number of benzene rings is 1. The van der Waals surface area contributed by atoms with E-state index >= 15 is 0 Å². The second-order valence-electron chi connectivity index (χ2n) is 7.52. The van der Waals surface area contributed by atoms with E-state index in [4.69, 9.17) is 10.5 Å². The molecular formula is C19H27N3O4. The zero-order valence-corrected chi connectivity index (χ0v) is 15.5. The minimum atomic E-state index is -0.888. The molecule has 7 nitrogen and oxygen atoms in total. The van der Waals surface area contributed by atoms with Crippen LogP contribution in [0.3, 0.4) is 0 Å². The summed E-state index contributed by atoms with van der Waals surface area (Å²) in [5, 5.41) is 2.72. The Kier molecular flexibility index (Phi) is 6.23. The highest BCUT2D eigenvalue weighted by atomic mass is 16.6. The van der Waals surface area contributed by atoms with E-state index in [-0.39, 0.29) is 12.5 Å². The molecule has 1 fully saturated rings. The smallest absolute Gasteiger partial charge is 0.410 e. The summed E-state index contributed by atoms with van der Waals surface area (Å²) in [5.74, 6) is -1.31. The summed E-state index contributed by atoms with van der Waals surface area (Å²) in [4.78, 5) is 38.2. The number of ether oxygens (including phenoxy) is 1. The molecule has 0 saturated carbocycles.